The Hall–Kier alpha value is -2.24. The van der Waals surface area contributed by atoms with Gasteiger partial charge in [0.2, 0.25) is 0 Å². The molecule has 156 valence electrons. The maximum Gasteiger partial charge on any atom is 0.176 e. The Balaban J connectivity index is 0.00000210. The number of hydrogen-bond acceptors (Lipinski definition) is 4. The minimum absolute atomic E-state index is 0. The van der Waals surface area contributed by atoms with Crippen LogP contribution in [0, 0.1) is 6.92 Å². The highest BCUT2D eigenvalue weighted by molar-refractivity contribution is 5.85. The van der Waals surface area contributed by atoms with Gasteiger partial charge in [-0.1, -0.05) is 54.1 Å². The fourth-order valence-electron chi connectivity index (χ4n) is 3.00. The second kappa shape index (κ2) is 12.3. The average molecular weight is 435 g/mol. The standard InChI is InChI=1S/C23H26N2O2.2ClH/c1-17-14-18(22(24-2)26-20-10-6-4-7-11-20)16-19(15-17)23(25-3)27-21-12-8-5-9-13-21;;/h4-16,22-25H,1-3H3;2*1H. The van der Waals surface area contributed by atoms with Gasteiger partial charge >= 0.3 is 0 Å². The topological polar surface area (TPSA) is 42.5 Å². The Kier molecular flexibility index (Phi) is 10.6. The summed E-state index contributed by atoms with van der Waals surface area (Å²) >= 11 is 0. The molecule has 6 heteroatoms. The van der Waals surface area contributed by atoms with Crippen molar-refractivity contribution in [1.82, 2.24) is 10.6 Å². The lowest BCUT2D eigenvalue weighted by Gasteiger charge is -2.23. The number of aryl methyl sites for hydroxylation is 1. The molecule has 0 heterocycles. The molecule has 0 bridgehead atoms. The summed E-state index contributed by atoms with van der Waals surface area (Å²) in [6, 6.07) is 26.0. The Morgan fingerprint density at radius 2 is 1.00 bits per heavy atom. The highest BCUT2D eigenvalue weighted by Gasteiger charge is 2.17. The predicted molar refractivity (Wildman–Crippen MR) is 123 cm³/mol. The van der Waals surface area contributed by atoms with E-state index in [-0.39, 0.29) is 37.3 Å². The van der Waals surface area contributed by atoms with Gasteiger partial charge in [0.15, 0.2) is 12.5 Å². The lowest BCUT2D eigenvalue weighted by Crippen LogP contribution is -2.25. The summed E-state index contributed by atoms with van der Waals surface area (Å²) in [6.07, 6.45) is -0.499. The van der Waals surface area contributed by atoms with Crippen LogP contribution in [0.3, 0.4) is 0 Å². The molecule has 0 fully saturated rings. The fraction of sp³-hybridized carbons (Fsp3) is 0.217. The smallest absolute Gasteiger partial charge is 0.176 e. The summed E-state index contributed by atoms with van der Waals surface area (Å²) in [4.78, 5) is 0. The van der Waals surface area contributed by atoms with Gasteiger partial charge in [0.25, 0.3) is 0 Å². The van der Waals surface area contributed by atoms with Crippen LogP contribution in [0.2, 0.25) is 0 Å². The number of para-hydroxylation sites is 2. The molecule has 0 aliphatic rings. The monoisotopic (exact) mass is 434 g/mol. The van der Waals surface area contributed by atoms with Crippen molar-refractivity contribution in [3.63, 3.8) is 0 Å². The van der Waals surface area contributed by atoms with Crippen molar-refractivity contribution in [2.75, 3.05) is 14.1 Å². The Morgan fingerprint density at radius 3 is 1.34 bits per heavy atom. The van der Waals surface area contributed by atoms with E-state index in [2.05, 4.69) is 35.8 Å². The zero-order valence-electron chi connectivity index (χ0n) is 16.8. The molecule has 0 saturated carbocycles. The molecule has 0 aliphatic heterocycles. The van der Waals surface area contributed by atoms with Crippen molar-refractivity contribution >= 4 is 24.8 Å². The van der Waals surface area contributed by atoms with Crippen molar-refractivity contribution in [3.8, 4) is 11.5 Å². The highest BCUT2D eigenvalue weighted by Crippen LogP contribution is 2.26. The van der Waals surface area contributed by atoms with Gasteiger partial charge in [0.05, 0.1) is 0 Å². The first-order chi connectivity index (χ1) is 13.2. The molecule has 4 nitrogen and oxygen atoms in total. The predicted octanol–water partition coefficient (Wildman–Crippen LogP) is 5.43. The molecule has 3 rings (SSSR count). The molecule has 2 unspecified atom stereocenters. The largest absolute Gasteiger partial charge is 0.471 e. The van der Waals surface area contributed by atoms with E-state index in [1.165, 1.54) is 0 Å². The first-order valence-electron chi connectivity index (χ1n) is 9.09. The lowest BCUT2D eigenvalue weighted by molar-refractivity contribution is 0.170. The van der Waals surface area contributed by atoms with E-state index in [9.17, 15) is 0 Å². The summed E-state index contributed by atoms with van der Waals surface area (Å²) in [7, 11) is 3.79. The summed E-state index contributed by atoms with van der Waals surface area (Å²) in [5, 5.41) is 6.49. The molecule has 0 aliphatic carbocycles. The number of hydrogen-bond donors (Lipinski definition) is 2. The van der Waals surface area contributed by atoms with Gasteiger partial charge in [-0.3, -0.25) is 10.6 Å². The molecule has 2 atom stereocenters. The molecule has 2 N–H and O–H groups in total. The third-order valence-corrected chi connectivity index (χ3v) is 4.25. The number of rotatable bonds is 8. The molecule has 0 radical (unpaired) electrons. The maximum atomic E-state index is 6.12. The van der Waals surface area contributed by atoms with Crippen molar-refractivity contribution < 1.29 is 9.47 Å². The second-order valence-electron chi connectivity index (χ2n) is 6.38. The van der Waals surface area contributed by atoms with Gasteiger partial charge in [0, 0.05) is 11.1 Å². The van der Waals surface area contributed by atoms with Gasteiger partial charge in [-0.05, 0) is 51.4 Å². The van der Waals surface area contributed by atoms with Gasteiger partial charge in [0.1, 0.15) is 11.5 Å². The zero-order chi connectivity index (χ0) is 19.1. The van der Waals surface area contributed by atoms with Crippen LogP contribution in [-0.4, -0.2) is 14.1 Å². The van der Waals surface area contributed by atoms with E-state index in [0.717, 1.165) is 28.2 Å². The number of halogens is 2. The van der Waals surface area contributed by atoms with Gasteiger partial charge < -0.3 is 9.47 Å². The third-order valence-electron chi connectivity index (χ3n) is 4.25. The first kappa shape index (κ1) is 24.8. The van der Waals surface area contributed by atoms with Crippen LogP contribution >= 0.6 is 24.8 Å². The average Bonchev–Trinajstić information content (AvgIpc) is 2.71. The maximum absolute atomic E-state index is 6.12. The highest BCUT2D eigenvalue weighted by atomic mass is 35.5. The van der Waals surface area contributed by atoms with Gasteiger partial charge in [-0.2, -0.15) is 0 Å². The van der Waals surface area contributed by atoms with Crippen molar-refractivity contribution in [1.29, 1.82) is 0 Å². The lowest BCUT2D eigenvalue weighted by atomic mass is 10.0. The van der Waals surface area contributed by atoms with Crippen molar-refractivity contribution in [2.45, 2.75) is 19.4 Å². The summed E-state index contributed by atoms with van der Waals surface area (Å²) in [5.74, 6) is 1.65. The Morgan fingerprint density at radius 1 is 0.621 bits per heavy atom. The van der Waals surface area contributed by atoms with Gasteiger partial charge in [-0.15, -0.1) is 24.8 Å². The SMILES string of the molecule is CNC(Oc1ccccc1)c1cc(C)cc(C(NC)Oc2ccccc2)c1.Cl.Cl. The first-order valence-corrected chi connectivity index (χ1v) is 9.09. The van der Waals surface area contributed by atoms with Crippen LogP contribution in [0.15, 0.2) is 78.9 Å². The third kappa shape index (κ3) is 6.94. The van der Waals surface area contributed by atoms with E-state index < -0.39 is 0 Å². The minimum Gasteiger partial charge on any atom is -0.471 e. The number of nitrogens with one attached hydrogen (secondary N) is 2. The molecular weight excluding hydrogens is 407 g/mol. The molecule has 29 heavy (non-hydrogen) atoms. The van der Waals surface area contributed by atoms with E-state index in [1.54, 1.807) is 0 Å². The van der Waals surface area contributed by atoms with Crippen molar-refractivity contribution in [3.05, 3.63) is 95.6 Å². The number of ether oxygens (including phenoxy) is 2. The molecule has 3 aromatic rings. The van der Waals surface area contributed by atoms with E-state index >= 15 is 0 Å². The van der Waals surface area contributed by atoms with Crippen molar-refractivity contribution in [2.24, 2.45) is 0 Å². The fourth-order valence-corrected chi connectivity index (χ4v) is 3.00. The van der Waals surface area contributed by atoms with E-state index in [4.69, 9.17) is 9.47 Å². The molecular formula is C23H28Cl2N2O2. The van der Waals surface area contributed by atoms with Crippen LogP contribution in [0.1, 0.15) is 29.1 Å². The van der Waals surface area contributed by atoms with Crippen LogP contribution in [0.4, 0.5) is 0 Å². The molecule has 0 saturated heterocycles. The van der Waals surface area contributed by atoms with Gasteiger partial charge in [-0.25, -0.2) is 0 Å². The van der Waals surface area contributed by atoms with E-state index in [0.29, 0.717) is 0 Å². The zero-order valence-corrected chi connectivity index (χ0v) is 18.4. The summed E-state index contributed by atoms with van der Waals surface area (Å²) < 4.78 is 12.2. The molecule has 0 spiro atoms. The summed E-state index contributed by atoms with van der Waals surface area (Å²) in [5.41, 5.74) is 3.25. The molecule has 3 aromatic carbocycles. The minimum atomic E-state index is -0.250. The van der Waals surface area contributed by atoms with Crippen LogP contribution < -0.4 is 20.1 Å². The Bertz CT molecular complexity index is 780. The van der Waals surface area contributed by atoms with Crippen LogP contribution in [0.25, 0.3) is 0 Å². The molecule has 0 amide bonds. The summed E-state index contributed by atoms with van der Waals surface area (Å²) in [6.45, 7) is 2.08. The second-order valence-corrected chi connectivity index (χ2v) is 6.38. The Labute approximate surface area is 185 Å². The quantitative estimate of drug-likeness (QED) is 0.463. The van der Waals surface area contributed by atoms with Crippen LogP contribution in [-0.2, 0) is 0 Å². The normalized spacial score (nSPS) is 12.1. The molecule has 0 aromatic heterocycles. The number of benzene rings is 3. The van der Waals surface area contributed by atoms with E-state index in [1.807, 2.05) is 74.8 Å². The van der Waals surface area contributed by atoms with Crippen LogP contribution in [0.5, 0.6) is 11.5 Å².